The van der Waals surface area contributed by atoms with Crippen LogP contribution >= 0.6 is 15.9 Å². The van der Waals surface area contributed by atoms with Gasteiger partial charge in [-0.1, -0.05) is 28.1 Å². The molecule has 2 aromatic rings. The Labute approximate surface area is 182 Å². The molecular formula is C22H20BrN3O4. The van der Waals surface area contributed by atoms with Gasteiger partial charge < -0.3 is 15.0 Å². The number of ether oxygens (including phenoxy) is 1. The van der Waals surface area contributed by atoms with Gasteiger partial charge in [-0.25, -0.2) is 9.59 Å². The van der Waals surface area contributed by atoms with E-state index in [1.807, 2.05) is 24.3 Å². The molecule has 1 unspecified atom stereocenters. The molecule has 0 saturated heterocycles. The van der Waals surface area contributed by atoms with Crippen LogP contribution in [0.4, 0.5) is 10.5 Å². The van der Waals surface area contributed by atoms with Gasteiger partial charge in [-0.15, -0.1) is 0 Å². The number of nitrogens with one attached hydrogen (secondary N) is 1. The average molecular weight is 470 g/mol. The highest BCUT2D eigenvalue weighted by molar-refractivity contribution is 9.10. The van der Waals surface area contributed by atoms with Crippen LogP contribution in [0.2, 0.25) is 0 Å². The third kappa shape index (κ3) is 3.47. The Morgan fingerprint density at radius 1 is 1.13 bits per heavy atom. The molecule has 2 aliphatic rings. The first-order chi connectivity index (χ1) is 14.4. The number of anilines is 1. The van der Waals surface area contributed by atoms with Gasteiger partial charge in [-0.3, -0.25) is 9.69 Å². The van der Waals surface area contributed by atoms with Crippen LogP contribution in [0.5, 0.6) is 0 Å². The molecular weight excluding hydrogens is 450 g/mol. The van der Waals surface area contributed by atoms with E-state index >= 15 is 0 Å². The molecule has 30 heavy (non-hydrogen) atoms. The van der Waals surface area contributed by atoms with Crippen LogP contribution in [-0.4, -0.2) is 43.0 Å². The van der Waals surface area contributed by atoms with Gasteiger partial charge in [-0.2, -0.15) is 0 Å². The third-order valence-electron chi connectivity index (χ3n) is 5.25. The zero-order valence-electron chi connectivity index (χ0n) is 16.5. The number of carbonyl (C=O) groups is 3. The van der Waals surface area contributed by atoms with E-state index in [0.717, 1.165) is 10.0 Å². The van der Waals surface area contributed by atoms with Gasteiger partial charge in [0, 0.05) is 17.2 Å². The van der Waals surface area contributed by atoms with Crippen molar-refractivity contribution >= 4 is 39.5 Å². The quantitative estimate of drug-likeness (QED) is 0.693. The van der Waals surface area contributed by atoms with Crippen LogP contribution in [0, 0.1) is 0 Å². The molecule has 3 amide bonds. The van der Waals surface area contributed by atoms with Crippen molar-refractivity contribution < 1.29 is 19.1 Å². The number of urea groups is 1. The highest BCUT2D eigenvalue weighted by Gasteiger charge is 2.43. The summed E-state index contributed by atoms with van der Waals surface area (Å²) in [5.41, 5.74) is 3.13. The summed E-state index contributed by atoms with van der Waals surface area (Å²) >= 11 is 3.41. The fraction of sp³-hybridized carbons (Fsp3) is 0.227. The molecule has 0 aliphatic carbocycles. The third-order valence-corrected chi connectivity index (χ3v) is 5.78. The number of rotatable bonds is 4. The summed E-state index contributed by atoms with van der Waals surface area (Å²) in [7, 11) is 1.66. The van der Waals surface area contributed by atoms with Crippen LogP contribution in [0.1, 0.15) is 28.9 Å². The lowest BCUT2D eigenvalue weighted by Crippen LogP contribution is -2.45. The highest BCUT2D eigenvalue weighted by Crippen LogP contribution is 2.37. The number of benzene rings is 2. The van der Waals surface area contributed by atoms with Crippen molar-refractivity contribution in [1.82, 2.24) is 10.2 Å². The first-order valence-electron chi connectivity index (χ1n) is 9.52. The molecule has 4 rings (SSSR count). The van der Waals surface area contributed by atoms with Gasteiger partial charge in [0.05, 0.1) is 36.0 Å². The van der Waals surface area contributed by atoms with Crippen LogP contribution in [0.15, 0.2) is 64.3 Å². The lowest BCUT2D eigenvalue weighted by molar-refractivity contribution is -0.114. The van der Waals surface area contributed by atoms with E-state index in [1.54, 1.807) is 43.1 Å². The minimum Gasteiger partial charge on any atom is -0.462 e. The second-order valence-corrected chi connectivity index (χ2v) is 7.93. The Morgan fingerprint density at radius 2 is 1.80 bits per heavy atom. The summed E-state index contributed by atoms with van der Waals surface area (Å²) in [6, 6.07) is 13.5. The summed E-state index contributed by atoms with van der Waals surface area (Å²) in [5, 5.41) is 2.92. The largest absolute Gasteiger partial charge is 0.462 e. The van der Waals surface area contributed by atoms with Crippen molar-refractivity contribution in [3.05, 3.63) is 75.4 Å². The van der Waals surface area contributed by atoms with E-state index in [2.05, 4.69) is 21.2 Å². The monoisotopic (exact) mass is 469 g/mol. The van der Waals surface area contributed by atoms with E-state index in [1.165, 1.54) is 4.90 Å². The topological polar surface area (TPSA) is 79.0 Å². The minimum atomic E-state index is -0.520. The summed E-state index contributed by atoms with van der Waals surface area (Å²) in [4.78, 5) is 40.8. The Hall–Kier alpha value is -3.13. The molecule has 0 radical (unpaired) electrons. The van der Waals surface area contributed by atoms with E-state index in [0.29, 0.717) is 29.1 Å². The Morgan fingerprint density at radius 3 is 2.43 bits per heavy atom. The predicted octanol–water partition coefficient (Wildman–Crippen LogP) is 3.62. The normalized spacial score (nSPS) is 18.4. The maximum Gasteiger partial charge on any atom is 0.338 e. The van der Waals surface area contributed by atoms with E-state index in [9.17, 15) is 14.4 Å². The lowest BCUT2D eigenvalue weighted by atomic mass is 9.96. The molecule has 8 heteroatoms. The molecule has 2 heterocycles. The van der Waals surface area contributed by atoms with E-state index in [4.69, 9.17) is 4.74 Å². The number of carbonyl (C=O) groups excluding carboxylic acids is 3. The van der Waals surface area contributed by atoms with Crippen molar-refractivity contribution in [3.8, 4) is 0 Å². The molecule has 0 fully saturated rings. The fourth-order valence-corrected chi connectivity index (χ4v) is 3.94. The zero-order chi connectivity index (χ0) is 21.4. The van der Waals surface area contributed by atoms with Crippen LogP contribution < -0.4 is 10.2 Å². The van der Waals surface area contributed by atoms with Crippen LogP contribution in [0.3, 0.4) is 0 Å². The minimum absolute atomic E-state index is 0.173. The van der Waals surface area contributed by atoms with Crippen molar-refractivity contribution in [3.63, 3.8) is 0 Å². The Bertz CT molecular complexity index is 1050. The van der Waals surface area contributed by atoms with Crippen LogP contribution in [-0.2, 0) is 9.53 Å². The molecule has 0 spiro atoms. The van der Waals surface area contributed by atoms with Crippen LogP contribution in [0.25, 0.3) is 0 Å². The summed E-state index contributed by atoms with van der Waals surface area (Å²) < 4.78 is 5.92. The zero-order valence-corrected chi connectivity index (χ0v) is 18.1. The second-order valence-electron chi connectivity index (χ2n) is 7.01. The number of esters is 1. The molecule has 1 atom stereocenters. The van der Waals surface area contributed by atoms with Gasteiger partial charge in [0.25, 0.3) is 5.91 Å². The van der Waals surface area contributed by atoms with Gasteiger partial charge in [0.15, 0.2) is 0 Å². The number of amides is 3. The average Bonchev–Trinajstić information content (AvgIpc) is 3.09. The van der Waals surface area contributed by atoms with Gasteiger partial charge in [0.1, 0.15) is 0 Å². The SMILES string of the molecule is CCOC(=O)c1ccc(N2CC3=C(C2=O)C(c2ccc(Br)cc2)NC(=O)N3C)cc1. The number of nitrogens with zero attached hydrogens (tertiary/aromatic N) is 2. The second kappa shape index (κ2) is 7.95. The summed E-state index contributed by atoms with van der Waals surface area (Å²) in [5.74, 6) is -0.576. The van der Waals surface area contributed by atoms with Gasteiger partial charge in [-0.05, 0) is 48.9 Å². The molecule has 0 saturated carbocycles. The first kappa shape index (κ1) is 20.2. The van der Waals surface area contributed by atoms with Crippen molar-refractivity contribution in [2.24, 2.45) is 0 Å². The fourth-order valence-electron chi connectivity index (χ4n) is 3.67. The maximum atomic E-state index is 13.4. The Kier molecular flexibility index (Phi) is 5.34. The first-order valence-corrected chi connectivity index (χ1v) is 10.3. The molecule has 1 N–H and O–H groups in total. The van der Waals surface area contributed by atoms with Gasteiger partial charge >= 0.3 is 12.0 Å². The molecule has 7 nitrogen and oxygen atoms in total. The van der Waals surface area contributed by atoms with E-state index in [-0.39, 0.29) is 18.5 Å². The number of halogens is 1. The number of likely N-dealkylation sites (N-methyl/N-ethyl adjacent to an activating group) is 1. The Balaban J connectivity index is 1.65. The summed E-state index contributed by atoms with van der Waals surface area (Å²) in [6.45, 7) is 2.33. The van der Waals surface area contributed by atoms with Crippen molar-refractivity contribution in [1.29, 1.82) is 0 Å². The summed E-state index contributed by atoms with van der Waals surface area (Å²) in [6.07, 6.45) is 0. The number of hydrogen-bond donors (Lipinski definition) is 1. The molecule has 2 aromatic carbocycles. The predicted molar refractivity (Wildman–Crippen MR) is 115 cm³/mol. The van der Waals surface area contributed by atoms with Crippen molar-refractivity contribution in [2.45, 2.75) is 13.0 Å². The molecule has 0 aromatic heterocycles. The maximum absolute atomic E-state index is 13.4. The molecule has 154 valence electrons. The lowest BCUT2D eigenvalue weighted by Gasteiger charge is -2.31. The van der Waals surface area contributed by atoms with Crippen molar-refractivity contribution in [2.75, 3.05) is 25.1 Å². The number of hydrogen-bond acceptors (Lipinski definition) is 4. The molecule has 0 bridgehead atoms. The van der Waals surface area contributed by atoms with E-state index < -0.39 is 12.0 Å². The standard InChI is InChI=1S/C22H20BrN3O4/c1-3-30-21(28)14-6-10-16(11-7-14)26-12-17-18(20(26)27)19(24-22(29)25(17)2)13-4-8-15(23)9-5-13/h4-11,19H,3,12H2,1-2H3,(H,24,29). The highest BCUT2D eigenvalue weighted by atomic mass is 79.9. The molecule has 2 aliphatic heterocycles. The van der Waals surface area contributed by atoms with Gasteiger partial charge in [0.2, 0.25) is 0 Å². The smallest absolute Gasteiger partial charge is 0.338 e.